The number of nitrogens with zero attached hydrogens (tertiary/aromatic N) is 1. The van der Waals surface area contributed by atoms with E-state index < -0.39 is 11.6 Å². The van der Waals surface area contributed by atoms with Gasteiger partial charge in [0.25, 0.3) is 0 Å². The van der Waals surface area contributed by atoms with Gasteiger partial charge in [0, 0.05) is 33.0 Å². The third-order valence-corrected chi connectivity index (χ3v) is 7.49. The number of esters is 1. The number of aryl methyl sites for hydroxylation is 1. The molecule has 31 heavy (non-hydrogen) atoms. The van der Waals surface area contributed by atoms with Gasteiger partial charge in [-0.25, -0.2) is 4.79 Å². The average Bonchev–Trinajstić information content (AvgIpc) is 3.16. The highest BCUT2D eigenvalue weighted by atomic mass is 32.2. The first-order chi connectivity index (χ1) is 14.9. The van der Waals surface area contributed by atoms with Crippen LogP contribution in [0.2, 0.25) is 0 Å². The van der Waals surface area contributed by atoms with Crippen LogP contribution in [-0.4, -0.2) is 5.97 Å². The van der Waals surface area contributed by atoms with Crippen molar-refractivity contribution in [2.45, 2.75) is 19.4 Å². The van der Waals surface area contributed by atoms with E-state index in [-0.39, 0.29) is 10.5 Å². The molecule has 150 valence electrons. The van der Waals surface area contributed by atoms with Crippen LogP contribution in [0.1, 0.15) is 34.0 Å². The summed E-state index contributed by atoms with van der Waals surface area (Å²) in [5.41, 5.74) is 1.62. The van der Waals surface area contributed by atoms with Crippen molar-refractivity contribution < 1.29 is 9.53 Å². The first-order valence-corrected chi connectivity index (χ1v) is 11.1. The van der Waals surface area contributed by atoms with E-state index in [2.05, 4.69) is 36.4 Å². The molecule has 4 aromatic rings. The van der Waals surface area contributed by atoms with Crippen LogP contribution >= 0.6 is 10.5 Å². The first-order valence-electron chi connectivity index (χ1n) is 9.78. The summed E-state index contributed by atoms with van der Waals surface area (Å²) in [6.07, 6.45) is 5.74. The summed E-state index contributed by atoms with van der Waals surface area (Å²) >= 11 is 0. The van der Waals surface area contributed by atoms with E-state index in [0.717, 1.165) is 4.90 Å². The Morgan fingerprint density at radius 3 is 2.52 bits per heavy atom. The molecular formula is C27H20NO2S+. The fourth-order valence-electron chi connectivity index (χ4n) is 3.52. The second-order valence-electron chi connectivity index (χ2n) is 7.42. The van der Waals surface area contributed by atoms with E-state index in [9.17, 15) is 4.79 Å². The first kappa shape index (κ1) is 20.4. The third kappa shape index (κ3) is 3.82. The predicted octanol–water partition coefficient (Wildman–Crippen LogP) is 6.46. The number of nitriles is 1. The molecule has 4 heteroatoms. The SMILES string of the molecule is C#CC(C)(OC(=O)c1cccc(-[s+]2cc(C)c3ccccc32)c1)c1ccc(C#N)cc1. The summed E-state index contributed by atoms with van der Waals surface area (Å²) in [6, 6.07) is 24.7. The number of benzene rings is 3. The molecule has 3 nitrogen and oxygen atoms in total. The average molecular weight is 423 g/mol. The Bertz CT molecular complexity index is 1370. The van der Waals surface area contributed by atoms with Gasteiger partial charge in [-0.2, -0.15) is 5.26 Å². The molecule has 0 fully saturated rings. The number of carbonyl (C=O) groups excluding carboxylic acids is 1. The van der Waals surface area contributed by atoms with E-state index >= 15 is 0 Å². The van der Waals surface area contributed by atoms with Crippen LogP contribution in [-0.2, 0) is 10.3 Å². The Hall–Kier alpha value is -3.86. The largest absolute Gasteiger partial charge is 0.438 e. The fraction of sp³-hybridized carbons (Fsp3) is 0.111. The van der Waals surface area contributed by atoms with Crippen LogP contribution < -0.4 is 0 Å². The molecule has 0 saturated heterocycles. The summed E-state index contributed by atoms with van der Waals surface area (Å²) in [6.45, 7) is 3.79. The molecule has 0 saturated carbocycles. The van der Waals surface area contributed by atoms with Crippen molar-refractivity contribution >= 4 is 26.5 Å². The zero-order chi connectivity index (χ0) is 22.0. The lowest BCUT2D eigenvalue weighted by Crippen LogP contribution is -2.27. The van der Waals surface area contributed by atoms with E-state index in [4.69, 9.17) is 16.4 Å². The minimum atomic E-state index is -1.24. The van der Waals surface area contributed by atoms with Gasteiger partial charge in [0.15, 0.2) is 15.2 Å². The zero-order valence-corrected chi connectivity index (χ0v) is 18.1. The fourth-order valence-corrected chi connectivity index (χ4v) is 5.69. The summed E-state index contributed by atoms with van der Waals surface area (Å²) < 4.78 is 7.03. The number of hydrogen-bond donors (Lipinski definition) is 0. The molecule has 2 unspecified atom stereocenters. The van der Waals surface area contributed by atoms with Gasteiger partial charge in [-0.15, -0.1) is 6.42 Å². The molecule has 0 aliphatic heterocycles. The summed E-state index contributed by atoms with van der Waals surface area (Å²) in [4.78, 5) is 14.1. The Labute approximate surface area is 184 Å². The Morgan fingerprint density at radius 1 is 1.06 bits per heavy atom. The monoisotopic (exact) mass is 422 g/mol. The quantitative estimate of drug-likeness (QED) is 0.215. The highest BCUT2D eigenvalue weighted by Gasteiger charge is 2.30. The number of carbonyl (C=O) groups is 1. The van der Waals surface area contributed by atoms with Crippen LogP contribution in [0.5, 0.6) is 0 Å². The molecule has 1 aromatic heterocycles. The van der Waals surface area contributed by atoms with Gasteiger partial charge < -0.3 is 4.74 Å². The molecule has 3 aromatic carbocycles. The summed E-state index contributed by atoms with van der Waals surface area (Å²) in [5.74, 6) is 2.10. The molecule has 0 bridgehead atoms. The molecule has 0 aliphatic carbocycles. The van der Waals surface area contributed by atoms with Crippen LogP contribution in [0.25, 0.3) is 15.0 Å². The van der Waals surface area contributed by atoms with Crippen LogP contribution in [0.15, 0.2) is 78.2 Å². The molecular weight excluding hydrogens is 402 g/mol. The lowest BCUT2D eigenvalue weighted by molar-refractivity contribution is 0.0129. The van der Waals surface area contributed by atoms with Crippen LogP contribution in [0.4, 0.5) is 0 Å². The maximum absolute atomic E-state index is 13.0. The van der Waals surface area contributed by atoms with Gasteiger partial charge in [0.1, 0.15) is 5.38 Å². The highest BCUT2D eigenvalue weighted by molar-refractivity contribution is 7.43. The van der Waals surface area contributed by atoms with Crippen LogP contribution in [0, 0.1) is 30.6 Å². The molecule has 4 rings (SSSR count). The van der Waals surface area contributed by atoms with Crippen LogP contribution in [0.3, 0.4) is 0 Å². The van der Waals surface area contributed by atoms with E-state index in [1.54, 1.807) is 37.3 Å². The van der Waals surface area contributed by atoms with Crippen molar-refractivity contribution in [3.63, 3.8) is 0 Å². The van der Waals surface area contributed by atoms with Gasteiger partial charge in [-0.1, -0.05) is 36.3 Å². The number of hydrogen-bond acceptors (Lipinski definition) is 3. The van der Waals surface area contributed by atoms with Crippen molar-refractivity contribution in [1.82, 2.24) is 0 Å². The normalized spacial score (nSPS) is 13.1. The summed E-state index contributed by atoms with van der Waals surface area (Å²) in [5, 5.41) is 12.5. The van der Waals surface area contributed by atoms with Gasteiger partial charge in [-0.05, 0) is 50.2 Å². The number of thiophene rings is 1. The zero-order valence-electron chi connectivity index (χ0n) is 17.3. The number of ether oxygens (including phenoxy) is 1. The second kappa shape index (κ2) is 8.11. The van der Waals surface area contributed by atoms with Crippen molar-refractivity contribution in [2.24, 2.45) is 0 Å². The van der Waals surface area contributed by atoms with Gasteiger partial charge in [-0.3, -0.25) is 0 Å². The van der Waals surface area contributed by atoms with Crippen molar-refractivity contribution in [2.75, 3.05) is 0 Å². The van der Waals surface area contributed by atoms with Crippen molar-refractivity contribution in [1.29, 1.82) is 5.26 Å². The molecule has 0 radical (unpaired) electrons. The molecule has 0 spiro atoms. The van der Waals surface area contributed by atoms with E-state index in [0.29, 0.717) is 16.7 Å². The molecule has 0 amide bonds. The third-order valence-electron chi connectivity index (χ3n) is 5.30. The van der Waals surface area contributed by atoms with Crippen molar-refractivity contribution in [3.8, 4) is 23.3 Å². The van der Waals surface area contributed by atoms with Gasteiger partial charge in [0.05, 0.1) is 17.2 Å². The highest BCUT2D eigenvalue weighted by Crippen LogP contribution is 2.42. The molecule has 2 atom stereocenters. The maximum Gasteiger partial charge on any atom is 0.340 e. The number of rotatable bonds is 4. The predicted molar refractivity (Wildman–Crippen MR) is 125 cm³/mol. The standard InChI is InChI=1S/C27H20NO2S/c1-4-27(3,22-14-12-20(17-28)13-15-22)30-26(29)21-8-7-9-23(16-21)31-18-19(2)24-10-5-6-11-25(24)31/h1,5-16,18H,2-3H3/q+1. The molecule has 0 N–H and O–H groups in total. The Balaban J connectivity index is 1.66. The lowest BCUT2D eigenvalue weighted by Gasteiger charge is -2.24. The number of terminal acetylenes is 1. The smallest absolute Gasteiger partial charge is 0.340 e. The molecule has 0 aliphatic rings. The van der Waals surface area contributed by atoms with E-state index in [1.165, 1.54) is 15.6 Å². The number of fused-ring (bicyclic) bond motifs is 1. The van der Waals surface area contributed by atoms with Crippen molar-refractivity contribution in [3.05, 3.63) is 100 Å². The second-order valence-corrected chi connectivity index (χ2v) is 9.24. The van der Waals surface area contributed by atoms with Gasteiger partial charge >= 0.3 is 5.97 Å². The lowest BCUT2D eigenvalue weighted by atomic mass is 9.95. The Kier molecular flexibility index (Phi) is 5.34. The van der Waals surface area contributed by atoms with E-state index in [1.807, 2.05) is 30.3 Å². The maximum atomic E-state index is 13.0. The minimum Gasteiger partial charge on any atom is -0.438 e. The van der Waals surface area contributed by atoms with Gasteiger partial charge in [0.2, 0.25) is 0 Å². The summed E-state index contributed by atoms with van der Waals surface area (Å²) in [7, 11) is -0.228. The topological polar surface area (TPSA) is 50.1 Å². The molecule has 1 heterocycles. The minimum absolute atomic E-state index is 0.228. The Morgan fingerprint density at radius 2 is 1.81 bits per heavy atom.